The molecule has 3 aromatic rings. The second-order valence-corrected chi connectivity index (χ2v) is 8.89. The molecule has 29 heavy (non-hydrogen) atoms. The fraction of sp³-hybridized carbons (Fsp3) is 0.263. The number of halogens is 3. The molecular weight excluding hydrogens is 422 g/mol. The molecule has 0 radical (unpaired) electrons. The van der Waals surface area contributed by atoms with Gasteiger partial charge in [-0.05, 0) is 43.2 Å². The number of hydrogen-bond acceptors (Lipinski definition) is 4. The Hall–Kier alpha value is -2.52. The van der Waals surface area contributed by atoms with E-state index in [1.807, 2.05) is 0 Å². The van der Waals surface area contributed by atoms with Crippen LogP contribution in [0.4, 0.5) is 14.5 Å². The van der Waals surface area contributed by atoms with E-state index in [2.05, 4.69) is 14.9 Å². The van der Waals surface area contributed by atoms with Gasteiger partial charge in [0.1, 0.15) is 17.5 Å². The quantitative estimate of drug-likeness (QED) is 0.654. The first-order valence-electron chi connectivity index (χ1n) is 9.05. The lowest BCUT2D eigenvalue weighted by Crippen LogP contribution is -2.14. The van der Waals surface area contributed by atoms with Crippen molar-refractivity contribution in [3.63, 3.8) is 0 Å². The van der Waals surface area contributed by atoms with Crippen LogP contribution in [0.2, 0.25) is 5.02 Å². The fourth-order valence-corrected chi connectivity index (χ4v) is 4.48. The molecule has 0 spiro atoms. The van der Waals surface area contributed by atoms with E-state index >= 15 is 0 Å². The number of fused-ring (bicyclic) bond motifs is 1. The maximum Gasteiger partial charge on any atom is 0.261 e. The SMILES string of the molecule is O=S(=O)(Nc1cc(-c2nnc3n2CCCCC3)c(F)cc1F)c1ccc(Cl)cc1. The summed E-state index contributed by atoms with van der Waals surface area (Å²) in [4.78, 5) is -0.0940. The van der Waals surface area contributed by atoms with Gasteiger partial charge in [-0.2, -0.15) is 0 Å². The molecule has 10 heteroatoms. The molecule has 0 amide bonds. The van der Waals surface area contributed by atoms with Crippen LogP contribution in [0.15, 0.2) is 41.3 Å². The number of aryl methyl sites for hydroxylation is 1. The maximum absolute atomic E-state index is 14.6. The zero-order chi connectivity index (χ0) is 20.6. The molecule has 0 saturated carbocycles. The van der Waals surface area contributed by atoms with E-state index in [-0.39, 0.29) is 22.0 Å². The topological polar surface area (TPSA) is 76.9 Å². The Kier molecular flexibility index (Phi) is 5.26. The summed E-state index contributed by atoms with van der Waals surface area (Å²) in [6, 6.07) is 7.17. The first-order valence-corrected chi connectivity index (χ1v) is 10.9. The van der Waals surface area contributed by atoms with Crippen molar-refractivity contribution in [1.82, 2.24) is 14.8 Å². The van der Waals surface area contributed by atoms with Crippen molar-refractivity contribution in [2.45, 2.75) is 37.1 Å². The summed E-state index contributed by atoms with van der Waals surface area (Å²) in [5.41, 5.74) is -0.386. The third-order valence-electron chi connectivity index (χ3n) is 4.78. The molecule has 0 unspecified atom stereocenters. The first-order chi connectivity index (χ1) is 13.8. The molecule has 0 aliphatic carbocycles. The fourth-order valence-electron chi connectivity index (χ4n) is 3.30. The Balaban J connectivity index is 1.73. The minimum Gasteiger partial charge on any atom is -0.311 e. The van der Waals surface area contributed by atoms with Crippen LogP contribution in [0.3, 0.4) is 0 Å². The molecule has 1 aromatic heterocycles. The zero-order valence-corrected chi connectivity index (χ0v) is 16.8. The van der Waals surface area contributed by atoms with Crippen molar-refractivity contribution >= 4 is 27.3 Å². The van der Waals surface area contributed by atoms with Crippen LogP contribution in [-0.2, 0) is 23.0 Å². The van der Waals surface area contributed by atoms with E-state index in [4.69, 9.17) is 11.6 Å². The van der Waals surface area contributed by atoms with Crippen molar-refractivity contribution < 1.29 is 17.2 Å². The average molecular weight is 439 g/mol. The molecule has 0 bridgehead atoms. The number of anilines is 1. The monoisotopic (exact) mass is 438 g/mol. The smallest absolute Gasteiger partial charge is 0.261 e. The maximum atomic E-state index is 14.6. The lowest BCUT2D eigenvalue weighted by atomic mass is 10.1. The van der Waals surface area contributed by atoms with Crippen LogP contribution < -0.4 is 4.72 Å². The van der Waals surface area contributed by atoms with Crippen LogP contribution in [-0.4, -0.2) is 23.2 Å². The first kappa shape index (κ1) is 19.8. The number of sulfonamides is 1. The highest BCUT2D eigenvalue weighted by Gasteiger charge is 2.23. The van der Waals surface area contributed by atoms with E-state index in [0.29, 0.717) is 17.6 Å². The van der Waals surface area contributed by atoms with Gasteiger partial charge in [-0.25, -0.2) is 17.2 Å². The molecule has 6 nitrogen and oxygen atoms in total. The lowest BCUT2D eigenvalue weighted by Gasteiger charge is -2.12. The number of rotatable bonds is 4. The van der Waals surface area contributed by atoms with Crippen molar-refractivity contribution in [3.05, 3.63) is 58.9 Å². The standard InChI is InChI=1S/C19H17ClF2N4O2S/c20-12-5-7-13(8-6-12)29(27,28)25-17-10-14(15(21)11-16(17)22)19-24-23-18-4-2-1-3-9-26(18)19/h5-8,10-11,25H,1-4,9H2. The van der Waals surface area contributed by atoms with Gasteiger partial charge >= 0.3 is 0 Å². The summed E-state index contributed by atoms with van der Waals surface area (Å²) in [6.07, 6.45) is 3.62. The molecule has 152 valence electrons. The minimum absolute atomic E-state index is 0.0131. The Morgan fingerprint density at radius 3 is 2.52 bits per heavy atom. The molecule has 1 N–H and O–H groups in total. The van der Waals surface area contributed by atoms with Crippen molar-refractivity contribution in [3.8, 4) is 11.4 Å². The van der Waals surface area contributed by atoms with Crippen molar-refractivity contribution in [1.29, 1.82) is 0 Å². The molecular formula is C19H17ClF2N4O2S. The van der Waals surface area contributed by atoms with Crippen LogP contribution in [0, 0.1) is 11.6 Å². The number of nitrogens with zero attached hydrogens (tertiary/aromatic N) is 3. The predicted octanol–water partition coefficient (Wildman–Crippen LogP) is 4.40. The molecule has 1 aliphatic rings. The third-order valence-corrected chi connectivity index (χ3v) is 6.41. The van der Waals surface area contributed by atoms with Gasteiger partial charge in [-0.15, -0.1) is 10.2 Å². The van der Waals surface area contributed by atoms with E-state index in [9.17, 15) is 17.2 Å². The Bertz CT molecular complexity index is 1160. The van der Waals surface area contributed by atoms with Crippen LogP contribution >= 0.6 is 11.6 Å². The third kappa shape index (κ3) is 3.97. The molecule has 0 fully saturated rings. The van der Waals surface area contributed by atoms with Gasteiger partial charge in [-0.3, -0.25) is 4.72 Å². The summed E-state index contributed by atoms with van der Waals surface area (Å²) in [6.45, 7) is 0.625. The summed E-state index contributed by atoms with van der Waals surface area (Å²) >= 11 is 5.78. The number of nitrogens with one attached hydrogen (secondary N) is 1. The molecule has 0 saturated heterocycles. The largest absolute Gasteiger partial charge is 0.311 e. The van der Waals surface area contributed by atoms with Gasteiger partial charge < -0.3 is 4.57 Å². The Morgan fingerprint density at radius 1 is 1.00 bits per heavy atom. The van der Waals surface area contributed by atoms with Crippen molar-refractivity contribution in [2.24, 2.45) is 0 Å². The van der Waals surface area contributed by atoms with E-state index in [1.165, 1.54) is 24.3 Å². The van der Waals surface area contributed by atoms with Gasteiger partial charge in [-0.1, -0.05) is 18.0 Å². The van der Waals surface area contributed by atoms with Crippen LogP contribution in [0.25, 0.3) is 11.4 Å². The average Bonchev–Trinajstić information content (AvgIpc) is 2.92. The molecule has 1 aliphatic heterocycles. The Morgan fingerprint density at radius 2 is 1.76 bits per heavy atom. The second-order valence-electron chi connectivity index (χ2n) is 6.77. The summed E-state index contributed by atoms with van der Waals surface area (Å²) in [7, 11) is -4.09. The normalized spacial score (nSPS) is 14.3. The Labute approximate surface area is 171 Å². The van der Waals surface area contributed by atoms with E-state index in [1.54, 1.807) is 4.57 Å². The molecule has 2 heterocycles. The minimum atomic E-state index is -4.09. The van der Waals surface area contributed by atoms with E-state index < -0.39 is 21.7 Å². The highest BCUT2D eigenvalue weighted by Crippen LogP contribution is 2.30. The highest BCUT2D eigenvalue weighted by molar-refractivity contribution is 7.92. The van der Waals surface area contributed by atoms with Crippen LogP contribution in [0.5, 0.6) is 0 Å². The van der Waals surface area contributed by atoms with Crippen LogP contribution in [0.1, 0.15) is 25.1 Å². The number of benzene rings is 2. The van der Waals surface area contributed by atoms with Gasteiger partial charge in [0, 0.05) is 24.1 Å². The second kappa shape index (κ2) is 7.72. The van der Waals surface area contributed by atoms with E-state index in [0.717, 1.165) is 37.6 Å². The summed E-state index contributed by atoms with van der Waals surface area (Å²) < 4.78 is 58.0. The zero-order valence-electron chi connectivity index (χ0n) is 15.2. The summed E-state index contributed by atoms with van der Waals surface area (Å²) in [5.74, 6) is -0.869. The van der Waals surface area contributed by atoms with Gasteiger partial charge in [0.25, 0.3) is 10.0 Å². The predicted molar refractivity (Wildman–Crippen MR) is 105 cm³/mol. The molecule has 0 atom stereocenters. The number of hydrogen-bond donors (Lipinski definition) is 1. The molecule has 4 rings (SSSR count). The van der Waals surface area contributed by atoms with Gasteiger partial charge in [0.2, 0.25) is 0 Å². The highest BCUT2D eigenvalue weighted by atomic mass is 35.5. The number of aromatic nitrogens is 3. The van der Waals surface area contributed by atoms with Crippen molar-refractivity contribution in [2.75, 3.05) is 4.72 Å². The van der Waals surface area contributed by atoms with Gasteiger partial charge in [0.05, 0.1) is 16.1 Å². The summed E-state index contributed by atoms with van der Waals surface area (Å²) in [5, 5.41) is 8.55. The lowest BCUT2D eigenvalue weighted by molar-refractivity contribution is 0.581. The molecule has 2 aromatic carbocycles. The van der Waals surface area contributed by atoms with Gasteiger partial charge in [0.15, 0.2) is 5.82 Å².